The number of anilines is 3. The molecule has 0 bridgehead atoms. The molecule has 1 aromatic heterocycles. The van der Waals surface area contributed by atoms with E-state index in [4.69, 9.17) is 4.98 Å². The van der Waals surface area contributed by atoms with Crippen LogP contribution in [0, 0.1) is 0 Å². The molecule has 0 spiro atoms. The van der Waals surface area contributed by atoms with Crippen molar-refractivity contribution in [2.45, 2.75) is 0 Å². The van der Waals surface area contributed by atoms with Crippen LogP contribution in [-0.4, -0.2) is 4.98 Å². The van der Waals surface area contributed by atoms with Crippen molar-refractivity contribution in [2.24, 2.45) is 0 Å². The van der Waals surface area contributed by atoms with Crippen molar-refractivity contribution in [3.8, 4) is 44.6 Å². The Morgan fingerprint density at radius 3 is 1.30 bits per heavy atom. The average molecular weight is 601 g/mol. The molecule has 7 aromatic carbocycles. The summed E-state index contributed by atoms with van der Waals surface area (Å²) >= 11 is 0. The van der Waals surface area contributed by atoms with Gasteiger partial charge in [-0.3, -0.25) is 0 Å². The van der Waals surface area contributed by atoms with Gasteiger partial charge in [0.25, 0.3) is 0 Å². The standard InChI is InChI=1S/C45H32N2/c1-4-12-33(13-5-1)35-20-22-37(23-21-35)43-32-39-16-10-11-19-44(39)46-45(43)38-26-30-42(31-27-38)47(40-17-8-3-9-18-40)41-28-24-36(25-29-41)34-14-6-2-7-15-34/h1-32H. The molecular weight excluding hydrogens is 569 g/mol. The molecule has 0 amide bonds. The minimum absolute atomic E-state index is 0.973. The van der Waals surface area contributed by atoms with Crippen LogP contribution in [0.3, 0.4) is 0 Å². The van der Waals surface area contributed by atoms with Crippen LogP contribution in [0.25, 0.3) is 55.5 Å². The largest absolute Gasteiger partial charge is 0.311 e. The predicted octanol–water partition coefficient (Wildman–Crippen LogP) is 12.4. The predicted molar refractivity (Wildman–Crippen MR) is 198 cm³/mol. The summed E-state index contributed by atoms with van der Waals surface area (Å²) in [6.07, 6.45) is 0. The lowest BCUT2D eigenvalue weighted by Gasteiger charge is -2.26. The SMILES string of the molecule is c1ccc(-c2ccc(-c3cc4ccccc4nc3-c3ccc(N(c4ccccc4)c4ccc(-c5ccccc5)cc4)cc3)cc2)cc1. The van der Waals surface area contributed by atoms with Crippen LogP contribution in [-0.2, 0) is 0 Å². The quantitative estimate of drug-likeness (QED) is 0.181. The van der Waals surface area contributed by atoms with E-state index in [0.717, 1.165) is 50.3 Å². The van der Waals surface area contributed by atoms with Gasteiger partial charge in [0.2, 0.25) is 0 Å². The van der Waals surface area contributed by atoms with E-state index in [-0.39, 0.29) is 0 Å². The number of nitrogens with zero attached hydrogens (tertiary/aromatic N) is 2. The Morgan fingerprint density at radius 2 is 0.723 bits per heavy atom. The molecule has 0 radical (unpaired) electrons. The molecule has 0 aliphatic carbocycles. The molecule has 47 heavy (non-hydrogen) atoms. The van der Waals surface area contributed by atoms with E-state index in [9.17, 15) is 0 Å². The van der Waals surface area contributed by atoms with E-state index >= 15 is 0 Å². The first-order chi connectivity index (χ1) is 23.3. The van der Waals surface area contributed by atoms with E-state index in [0.29, 0.717) is 0 Å². The summed E-state index contributed by atoms with van der Waals surface area (Å²) in [5.74, 6) is 0. The highest BCUT2D eigenvalue weighted by Crippen LogP contribution is 2.39. The Balaban J connectivity index is 1.18. The fourth-order valence-corrected chi connectivity index (χ4v) is 6.26. The maximum atomic E-state index is 5.22. The first-order valence-corrected chi connectivity index (χ1v) is 16.0. The van der Waals surface area contributed by atoms with Crippen molar-refractivity contribution in [1.29, 1.82) is 0 Å². The molecule has 0 atom stereocenters. The molecule has 0 aliphatic rings. The number of pyridine rings is 1. The van der Waals surface area contributed by atoms with Gasteiger partial charge in [0, 0.05) is 33.6 Å². The normalized spacial score (nSPS) is 11.0. The van der Waals surface area contributed by atoms with Gasteiger partial charge in [-0.25, -0.2) is 4.98 Å². The smallest absolute Gasteiger partial charge is 0.0788 e. The van der Waals surface area contributed by atoms with E-state index < -0.39 is 0 Å². The number of para-hydroxylation sites is 2. The van der Waals surface area contributed by atoms with Crippen LogP contribution >= 0.6 is 0 Å². The number of rotatable bonds is 7. The van der Waals surface area contributed by atoms with Crippen molar-refractivity contribution in [1.82, 2.24) is 4.98 Å². The Hall–Kier alpha value is -6.25. The fourth-order valence-electron chi connectivity index (χ4n) is 6.26. The minimum Gasteiger partial charge on any atom is -0.311 e. The van der Waals surface area contributed by atoms with Crippen LogP contribution < -0.4 is 4.90 Å². The zero-order chi connectivity index (χ0) is 31.4. The third-order valence-electron chi connectivity index (χ3n) is 8.67. The van der Waals surface area contributed by atoms with Crippen LogP contribution in [0.4, 0.5) is 17.1 Å². The molecule has 0 N–H and O–H groups in total. The second kappa shape index (κ2) is 12.6. The lowest BCUT2D eigenvalue weighted by Crippen LogP contribution is -2.09. The molecule has 1 heterocycles. The van der Waals surface area contributed by atoms with Crippen molar-refractivity contribution in [3.05, 3.63) is 194 Å². The summed E-state index contributed by atoms with van der Waals surface area (Å²) in [5.41, 5.74) is 13.4. The van der Waals surface area contributed by atoms with Gasteiger partial charge in [-0.2, -0.15) is 0 Å². The summed E-state index contributed by atoms with van der Waals surface area (Å²) in [5, 5.41) is 1.13. The summed E-state index contributed by atoms with van der Waals surface area (Å²) in [6.45, 7) is 0. The van der Waals surface area contributed by atoms with Gasteiger partial charge < -0.3 is 4.90 Å². The lowest BCUT2D eigenvalue weighted by atomic mass is 9.95. The fraction of sp³-hybridized carbons (Fsp3) is 0. The molecular formula is C45H32N2. The van der Waals surface area contributed by atoms with Crippen molar-refractivity contribution >= 4 is 28.0 Å². The lowest BCUT2D eigenvalue weighted by molar-refractivity contribution is 1.28. The van der Waals surface area contributed by atoms with E-state index in [2.05, 4.69) is 199 Å². The minimum atomic E-state index is 0.973. The highest BCUT2D eigenvalue weighted by atomic mass is 15.1. The van der Waals surface area contributed by atoms with Gasteiger partial charge in [0.15, 0.2) is 0 Å². The monoisotopic (exact) mass is 600 g/mol. The zero-order valence-electron chi connectivity index (χ0n) is 25.9. The summed E-state index contributed by atoms with van der Waals surface area (Å²) < 4.78 is 0. The third-order valence-corrected chi connectivity index (χ3v) is 8.67. The maximum Gasteiger partial charge on any atom is 0.0788 e. The zero-order valence-corrected chi connectivity index (χ0v) is 25.9. The Bertz CT molecular complexity index is 2240. The Kier molecular flexibility index (Phi) is 7.59. The molecule has 222 valence electrons. The van der Waals surface area contributed by atoms with Crippen LogP contribution in [0.5, 0.6) is 0 Å². The molecule has 8 aromatic rings. The Labute approximate surface area is 275 Å². The first-order valence-electron chi connectivity index (χ1n) is 16.0. The highest BCUT2D eigenvalue weighted by Gasteiger charge is 2.16. The molecule has 2 nitrogen and oxygen atoms in total. The highest BCUT2D eigenvalue weighted by molar-refractivity contribution is 5.92. The van der Waals surface area contributed by atoms with Crippen LogP contribution in [0.1, 0.15) is 0 Å². The second-order valence-corrected chi connectivity index (χ2v) is 11.7. The van der Waals surface area contributed by atoms with Gasteiger partial charge in [-0.05, 0) is 76.3 Å². The Morgan fingerprint density at radius 1 is 0.319 bits per heavy atom. The first kappa shape index (κ1) is 28.2. The molecule has 8 rings (SSSR count). The van der Waals surface area contributed by atoms with Gasteiger partial charge >= 0.3 is 0 Å². The van der Waals surface area contributed by atoms with Gasteiger partial charge in [-0.15, -0.1) is 0 Å². The molecule has 2 heteroatoms. The summed E-state index contributed by atoms with van der Waals surface area (Å²) in [6, 6.07) is 68.6. The molecule has 0 saturated carbocycles. The number of aromatic nitrogens is 1. The number of fused-ring (bicyclic) bond motifs is 1. The molecule has 0 saturated heterocycles. The van der Waals surface area contributed by atoms with E-state index in [1.165, 1.54) is 22.3 Å². The molecule has 0 fully saturated rings. The van der Waals surface area contributed by atoms with Gasteiger partial charge in [0.1, 0.15) is 0 Å². The number of benzene rings is 7. The topological polar surface area (TPSA) is 16.1 Å². The van der Waals surface area contributed by atoms with Crippen LogP contribution in [0.2, 0.25) is 0 Å². The summed E-state index contributed by atoms with van der Waals surface area (Å²) in [4.78, 5) is 7.52. The summed E-state index contributed by atoms with van der Waals surface area (Å²) in [7, 11) is 0. The molecule has 0 aliphatic heterocycles. The molecule has 0 unspecified atom stereocenters. The van der Waals surface area contributed by atoms with E-state index in [1.54, 1.807) is 0 Å². The average Bonchev–Trinajstić information content (AvgIpc) is 3.16. The van der Waals surface area contributed by atoms with Crippen molar-refractivity contribution in [3.63, 3.8) is 0 Å². The maximum absolute atomic E-state index is 5.22. The van der Waals surface area contributed by atoms with Crippen molar-refractivity contribution in [2.75, 3.05) is 4.90 Å². The van der Waals surface area contributed by atoms with Gasteiger partial charge in [-0.1, -0.05) is 146 Å². The second-order valence-electron chi connectivity index (χ2n) is 11.7. The van der Waals surface area contributed by atoms with Crippen LogP contribution in [0.15, 0.2) is 194 Å². The van der Waals surface area contributed by atoms with E-state index in [1.807, 2.05) is 0 Å². The number of hydrogen-bond donors (Lipinski definition) is 0. The number of hydrogen-bond acceptors (Lipinski definition) is 2. The third kappa shape index (κ3) is 5.81. The van der Waals surface area contributed by atoms with Gasteiger partial charge in [0.05, 0.1) is 11.2 Å². The van der Waals surface area contributed by atoms with Crippen molar-refractivity contribution < 1.29 is 0 Å².